The van der Waals surface area contributed by atoms with E-state index in [1.807, 2.05) is 30.4 Å². The van der Waals surface area contributed by atoms with Gasteiger partial charge in [0.2, 0.25) is 0 Å². The Kier molecular flexibility index (Phi) is 5.83. The molecular weight excluding hydrogens is 424 g/mol. The van der Waals surface area contributed by atoms with Gasteiger partial charge in [-0.2, -0.15) is 0 Å². The summed E-state index contributed by atoms with van der Waals surface area (Å²) in [5.74, 6) is 2.35. The first-order valence-electron chi connectivity index (χ1n) is 10.5. The molecule has 158 valence electrons. The summed E-state index contributed by atoms with van der Waals surface area (Å²) in [4.78, 5) is 13.0. The van der Waals surface area contributed by atoms with Crippen LogP contribution in [0.2, 0.25) is 0 Å². The number of ether oxygens (including phenoxy) is 2. The van der Waals surface area contributed by atoms with Crippen LogP contribution in [0.5, 0.6) is 11.5 Å². The highest BCUT2D eigenvalue weighted by molar-refractivity contribution is 7.99. The monoisotopic (exact) mass is 448 g/mol. The van der Waals surface area contributed by atoms with Gasteiger partial charge in [-0.1, -0.05) is 23.9 Å². The second-order valence-electron chi connectivity index (χ2n) is 7.58. The highest BCUT2D eigenvalue weighted by Crippen LogP contribution is 2.44. The molecule has 0 fully saturated rings. The van der Waals surface area contributed by atoms with Crippen molar-refractivity contribution < 1.29 is 9.47 Å². The zero-order chi connectivity index (χ0) is 21.2. The third-order valence-corrected chi connectivity index (χ3v) is 7.92. The largest absolute Gasteiger partial charge is 0.497 e. The number of aryl methyl sites for hydroxylation is 1. The van der Waals surface area contributed by atoms with E-state index in [1.165, 1.54) is 21.4 Å². The lowest BCUT2D eigenvalue weighted by Crippen LogP contribution is -2.11. The molecule has 1 atom stereocenters. The van der Waals surface area contributed by atoms with Gasteiger partial charge in [0.05, 0.1) is 13.7 Å². The number of nitrogens with zero attached hydrogens (tertiary/aromatic N) is 2. The van der Waals surface area contributed by atoms with Gasteiger partial charge in [-0.15, -0.1) is 11.3 Å². The second kappa shape index (κ2) is 8.89. The van der Waals surface area contributed by atoms with Crippen LogP contribution in [0.1, 0.15) is 35.3 Å². The van der Waals surface area contributed by atoms with Gasteiger partial charge in [-0.05, 0) is 79.6 Å². The molecule has 0 saturated heterocycles. The first kappa shape index (κ1) is 20.3. The van der Waals surface area contributed by atoms with Crippen molar-refractivity contribution in [1.29, 1.82) is 0 Å². The maximum Gasteiger partial charge on any atom is 0.128 e. The third kappa shape index (κ3) is 4.14. The quantitative estimate of drug-likeness (QED) is 0.314. The molecule has 0 N–H and O–H groups in total. The highest BCUT2D eigenvalue weighted by atomic mass is 32.2. The molecule has 1 aliphatic rings. The lowest BCUT2D eigenvalue weighted by Gasteiger charge is -2.23. The van der Waals surface area contributed by atoms with Gasteiger partial charge in [-0.3, -0.25) is 0 Å². The summed E-state index contributed by atoms with van der Waals surface area (Å²) in [6, 6.07) is 16.8. The lowest BCUT2D eigenvalue weighted by molar-refractivity contribution is 0.340. The molecule has 1 aliphatic carbocycles. The number of benzene rings is 2. The van der Waals surface area contributed by atoms with E-state index in [4.69, 9.17) is 9.47 Å². The van der Waals surface area contributed by atoms with E-state index in [0.717, 1.165) is 45.5 Å². The van der Waals surface area contributed by atoms with Crippen LogP contribution in [0.3, 0.4) is 0 Å². The van der Waals surface area contributed by atoms with Crippen LogP contribution in [0.15, 0.2) is 64.8 Å². The number of hydrogen-bond donors (Lipinski definition) is 0. The van der Waals surface area contributed by atoms with Gasteiger partial charge >= 0.3 is 0 Å². The van der Waals surface area contributed by atoms with E-state index in [1.54, 1.807) is 25.2 Å². The molecule has 0 radical (unpaired) electrons. The van der Waals surface area contributed by atoms with E-state index in [2.05, 4.69) is 46.4 Å². The molecule has 0 saturated carbocycles. The molecule has 6 heteroatoms. The van der Waals surface area contributed by atoms with Gasteiger partial charge in [0.1, 0.15) is 27.7 Å². The molecule has 0 spiro atoms. The fourth-order valence-corrected chi connectivity index (χ4v) is 6.45. The van der Waals surface area contributed by atoms with Crippen molar-refractivity contribution in [3.8, 4) is 11.5 Å². The minimum atomic E-state index is 0.543. The average Bonchev–Trinajstić information content (AvgIpc) is 3.19. The van der Waals surface area contributed by atoms with Gasteiger partial charge in [0, 0.05) is 15.2 Å². The number of fused-ring (bicyclic) bond motifs is 3. The van der Waals surface area contributed by atoms with Crippen LogP contribution in [0.25, 0.3) is 10.2 Å². The molecule has 0 amide bonds. The van der Waals surface area contributed by atoms with Gasteiger partial charge in [-0.25, -0.2) is 9.97 Å². The van der Waals surface area contributed by atoms with Gasteiger partial charge in [0.25, 0.3) is 0 Å². The van der Waals surface area contributed by atoms with Crippen molar-refractivity contribution in [3.63, 3.8) is 0 Å². The molecule has 0 aliphatic heterocycles. The van der Waals surface area contributed by atoms with Crippen molar-refractivity contribution in [1.82, 2.24) is 9.97 Å². The molecular formula is C25H24N2O2S2. The van der Waals surface area contributed by atoms with E-state index < -0.39 is 0 Å². The number of rotatable bonds is 6. The summed E-state index contributed by atoms with van der Waals surface area (Å²) >= 11 is 3.53. The molecule has 4 nitrogen and oxygen atoms in total. The van der Waals surface area contributed by atoms with Crippen LogP contribution < -0.4 is 9.47 Å². The molecule has 5 rings (SSSR count). The van der Waals surface area contributed by atoms with Crippen molar-refractivity contribution in [2.45, 2.75) is 42.0 Å². The highest BCUT2D eigenvalue weighted by Gasteiger charge is 2.26. The molecule has 2 aromatic carbocycles. The molecule has 1 unspecified atom stereocenters. The Bertz CT molecular complexity index is 1190. The topological polar surface area (TPSA) is 44.2 Å². The first-order chi connectivity index (χ1) is 15.2. The molecule has 4 aromatic rings. The van der Waals surface area contributed by atoms with E-state index in [9.17, 15) is 0 Å². The van der Waals surface area contributed by atoms with Crippen LogP contribution in [0.4, 0.5) is 0 Å². The van der Waals surface area contributed by atoms with E-state index in [-0.39, 0.29) is 0 Å². The Balaban J connectivity index is 1.42. The Morgan fingerprint density at radius 2 is 1.81 bits per heavy atom. The van der Waals surface area contributed by atoms with Gasteiger partial charge < -0.3 is 9.47 Å². The molecule has 0 bridgehead atoms. The number of thiophene rings is 1. The smallest absolute Gasteiger partial charge is 0.128 e. The maximum atomic E-state index is 5.60. The number of aromatic nitrogens is 2. The average molecular weight is 449 g/mol. The summed E-state index contributed by atoms with van der Waals surface area (Å²) in [5, 5.41) is 2.29. The SMILES string of the molecule is CCOc1ccc(C2CCc3c(sc4ncnc(Sc5ccc(OC)cc5)c34)C2)cc1. The summed E-state index contributed by atoms with van der Waals surface area (Å²) in [5.41, 5.74) is 2.84. The first-order valence-corrected chi connectivity index (χ1v) is 12.2. The summed E-state index contributed by atoms with van der Waals surface area (Å²) in [7, 11) is 1.69. The molecule has 2 heterocycles. The zero-order valence-corrected chi connectivity index (χ0v) is 19.3. The van der Waals surface area contributed by atoms with E-state index in [0.29, 0.717) is 12.5 Å². The predicted molar refractivity (Wildman–Crippen MR) is 127 cm³/mol. The number of hydrogen-bond acceptors (Lipinski definition) is 6. The normalized spacial score (nSPS) is 15.6. The fourth-order valence-electron chi connectivity index (χ4n) is 4.20. The van der Waals surface area contributed by atoms with Crippen molar-refractivity contribution >= 4 is 33.3 Å². The standard InChI is InChI=1S/C25H24N2O2S2/c1-3-29-19-7-4-16(5-8-19)17-6-13-21-22(14-17)31-25-23(21)24(26-15-27-25)30-20-11-9-18(28-2)10-12-20/h4-5,7-12,15,17H,3,6,13-14H2,1-2H3. The van der Waals surface area contributed by atoms with Crippen LogP contribution in [-0.2, 0) is 12.8 Å². The summed E-state index contributed by atoms with van der Waals surface area (Å²) in [6.45, 7) is 2.72. The fraction of sp³-hybridized carbons (Fsp3) is 0.280. The Hall–Kier alpha value is -2.57. The van der Waals surface area contributed by atoms with Crippen molar-refractivity contribution in [2.75, 3.05) is 13.7 Å². The molecule has 31 heavy (non-hydrogen) atoms. The summed E-state index contributed by atoms with van der Waals surface area (Å²) in [6.07, 6.45) is 4.97. The van der Waals surface area contributed by atoms with Crippen LogP contribution >= 0.6 is 23.1 Å². The van der Waals surface area contributed by atoms with Gasteiger partial charge in [0.15, 0.2) is 0 Å². The zero-order valence-electron chi connectivity index (χ0n) is 17.6. The minimum absolute atomic E-state index is 0.543. The maximum absolute atomic E-state index is 5.60. The van der Waals surface area contributed by atoms with Crippen LogP contribution in [0, 0.1) is 0 Å². The predicted octanol–water partition coefficient (Wildman–Crippen LogP) is 6.52. The summed E-state index contributed by atoms with van der Waals surface area (Å²) < 4.78 is 10.9. The van der Waals surface area contributed by atoms with Crippen LogP contribution in [-0.4, -0.2) is 23.7 Å². The second-order valence-corrected chi connectivity index (χ2v) is 9.73. The Morgan fingerprint density at radius 1 is 1.03 bits per heavy atom. The van der Waals surface area contributed by atoms with E-state index >= 15 is 0 Å². The Labute approximate surface area is 190 Å². The lowest BCUT2D eigenvalue weighted by atomic mass is 9.83. The molecule has 2 aromatic heterocycles. The Morgan fingerprint density at radius 3 is 2.55 bits per heavy atom. The van der Waals surface area contributed by atoms with Crippen molar-refractivity contribution in [3.05, 3.63) is 70.9 Å². The minimum Gasteiger partial charge on any atom is -0.497 e. The third-order valence-electron chi connectivity index (χ3n) is 5.75. The van der Waals surface area contributed by atoms with Crippen molar-refractivity contribution in [2.24, 2.45) is 0 Å². The number of methoxy groups -OCH3 is 1.